The van der Waals surface area contributed by atoms with E-state index in [0.29, 0.717) is 12.4 Å². The second-order valence-corrected chi connectivity index (χ2v) is 6.85. The molecular formula is C16H18N6O2. The molecule has 8 heteroatoms. The smallest absolute Gasteiger partial charge is 0.302 e. The SMILES string of the molecule is Cn1nnc(Cn2c(=O)c(=O)n3c4c(cccc42)C(C)(C)CC3)n1. The van der Waals surface area contributed by atoms with Gasteiger partial charge < -0.3 is 4.57 Å². The van der Waals surface area contributed by atoms with Gasteiger partial charge in [0.15, 0.2) is 5.82 Å². The van der Waals surface area contributed by atoms with E-state index in [4.69, 9.17) is 0 Å². The van der Waals surface area contributed by atoms with Gasteiger partial charge in [-0.1, -0.05) is 26.0 Å². The largest absolute Gasteiger partial charge is 0.317 e. The summed E-state index contributed by atoms with van der Waals surface area (Å²) < 4.78 is 3.06. The normalized spacial score (nSPS) is 15.8. The Kier molecular flexibility index (Phi) is 3.00. The fraction of sp³-hybridized carbons (Fsp3) is 0.438. The molecule has 2 aromatic heterocycles. The molecule has 0 radical (unpaired) electrons. The monoisotopic (exact) mass is 326 g/mol. The lowest BCUT2D eigenvalue weighted by Gasteiger charge is -2.33. The number of aromatic nitrogens is 6. The first kappa shape index (κ1) is 14.8. The van der Waals surface area contributed by atoms with Gasteiger partial charge in [-0.25, -0.2) is 0 Å². The van der Waals surface area contributed by atoms with Gasteiger partial charge in [-0.05, 0) is 28.7 Å². The maximum atomic E-state index is 12.6. The van der Waals surface area contributed by atoms with E-state index < -0.39 is 11.1 Å². The Morgan fingerprint density at radius 1 is 1.21 bits per heavy atom. The van der Waals surface area contributed by atoms with Gasteiger partial charge in [0, 0.05) is 6.54 Å². The number of benzene rings is 1. The van der Waals surface area contributed by atoms with Crippen LogP contribution in [0, 0.1) is 0 Å². The van der Waals surface area contributed by atoms with Crippen LogP contribution in [0.3, 0.4) is 0 Å². The molecule has 24 heavy (non-hydrogen) atoms. The zero-order valence-electron chi connectivity index (χ0n) is 13.9. The van der Waals surface area contributed by atoms with Crippen LogP contribution in [0.1, 0.15) is 31.7 Å². The summed E-state index contributed by atoms with van der Waals surface area (Å²) in [6, 6.07) is 5.83. The first-order valence-electron chi connectivity index (χ1n) is 7.88. The van der Waals surface area contributed by atoms with Crippen LogP contribution in [0.15, 0.2) is 27.8 Å². The molecule has 8 nitrogen and oxygen atoms in total. The van der Waals surface area contributed by atoms with E-state index in [9.17, 15) is 9.59 Å². The van der Waals surface area contributed by atoms with E-state index in [1.807, 2.05) is 18.2 Å². The van der Waals surface area contributed by atoms with Gasteiger partial charge in [-0.3, -0.25) is 14.2 Å². The standard InChI is InChI=1S/C16H18N6O2/c1-16(2)7-8-21-13-10(16)5-4-6-11(13)22(15(24)14(21)23)9-12-17-19-20(3)18-12/h4-6H,7-9H2,1-3H3. The van der Waals surface area contributed by atoms with Crippen LogP contribution in [0.2, 0.25) is 0 Å². The molecule has 124 valence electrons. The lowest BCUT2D eigenvalue weighted by Crippen LogP contribution is -2.44. The predicted octanol–water partition coefficient (Wildman–Crippen LogP) is 0.416. The predicted molar refractivity (Wildman–Crippen MR) is 88.0 cm³/mol. The zero-order valence-corrected chi connectivity index (χ0v) is 13.9. The summed E-state index contributed by atoms with van der Waals surface area (Å²) in [6.45, 7) is 5.01. The highest BCUT2D eigenvalue weighted by Gasteiger charge is 2.30. The van der Waals surface area contributed by atoms with E-state index >= 15 is 0 Å². The van der Waals surface area contributed by atoms with Crippen LogP contribution in [0.25, 0.3) is 11.0 Å². The average molecular weight is 326 g/mol. The average Bonchev–Trinajstić information content (AvgIpc) is 2.95. The summed E-state index contributed by atoms with van der Waals surface area (Å²) in [4.78, 5) is 26.5. The second kappa shape index (κ2) is 4.86. The third kappa shape index (κ3) is 2.02. The van der Waals surface area contributed by atoms with Crippen LogP contribution in [0.5, 0.6) is 0 Å². The molecule has 0 fully saturated rings. The van der Waals surface area contributed by atoms with E-state index in [1.54, 1.807) is 11.6 Å². The van der Waals surface area contributed by atoms with Crippen LogP contribution in [-0.2, 0) is 25.6 Å². The Bertz CT molecular complexity index is 1070. The maximum Gasteiger partial charge on any atom is 0.317 e. The second-order valence-electron chi connectivity index (χ2n) is 6.85. The number of para-hydroxylation sites is 1. The molecule has 0 aliphatic carbocycles. The van der Waals surface area contributed by atoms with Gasteiger partial charge in [0.1, 0.15) is 0 Å². The third-order valence-corrected chi connectivity index (χ3v) is 4.79. The Hall–Kier alpha value is -2.77. The van der Waals surface area contributed by atoms with Crippen LogP contribution < -0.4 is 11.1 Å². The molecule has 0 unspecified atom stereocenters. The minimum atomic E-state index is -0.549. The van der Waals surface area contributed by atoms with Crippen molar-refractivity contribution in [1.82, 2.24) is 29.3 Å². The minimum Gasteiger partial charge on any atom is -0.302 e. The summed E-state index contributed by atoms with van der Waals surface area (Å²) in [6.07, 6.45) is 0.828. The Labute approximate surface area is 137 Å². The van der Waals surface area contributed by atoms with Crippen LogP contribution >= 0.6 is 0 Å². The lowest BCUT2D eigenvalue weighted by atomic mass is 9.78. The Morgan fingerprint density at radius 3 is 2.71 bits per heavy atom. The molecule has 0 spiro atoms. The number of hydrogen-bond donors (Lipinski definition) is 0. The van der Waals surface area contributed by atoms with E-state index in [2.05, 4.69) is 29.3 Å². The molecule has 0 saturated carbocycles. The molecule has 3 aromatic rings. The molecule has 4 rings (SSSR count). The van der Waals surface area contributed by atoms with Crippen molar-refractivity contribution < 1.29 is 0 Å². The zero-order chi connectivity index (χ0) is 17.1. The summed E-state index contributed by atoms with van der Waals surface area (Å²) in [5.74, 6) is 0.403. The summed E-state index contributed by atoms with van der Waals surface area (Å²) in [5, 5.41) is 11.8. The maximum absolute atomic E-state index is 12.6. The van der Waals surface area contributed by atoms with Gasteiger partial charge in [-0.15, -0.1) is 10.2 Å². The molecule has 0 saturated heterocycles. The number of nitrogens with zero attached hydrogens (tertiary/aromatic N) is 6. The van der Waals surface area contributed by atoms with Gasteiger partial charge in [0.25, 0.3) is 0 Å². The van der Waals surface area contributed by atoms with Crippen molar-refractivity contribution in [2.75, 3.05) is 0 Å². The first-order chi connectivity index (χ1) is 11.4. The van der Waals surface area contributed by atoms with Gasteiger partial charge in [0.05, 0.1) is 24.6 Å². The molecule has 1 aliphatic rings. The Balaban J connectivity index is 2.06. The fourth-order valence-electron chi connectivity index (χ4n) is 3.45. The van der Waals surface area contributed by atoms with Gasteiger partial charge >= 0.3 is 11.1 Å². The molecule has 0 N–H and O–H groups in total. The quantitative estimate of drug-likeness (QED) is 0.637. The number of aryl methyl sites for hydroxylation is 2. The highest BCUT2D eigenvalue weighted by molar-refractivity contribution is 5.81. The van der Waals surface area contributed by atoms with Gasteiger partial charge in [-0.2, -0.15) is 4.80 Å². The number of rotatable bonds is 2. The van der Waals surface area contributed by atoms with E-state index in [-0.39, 0.29) is 12.0 Å². The molecule has 1 aromatic carbocycles. The molecule has 0 amide bonds. The molecule has 3 heterocycles. The van der Waals surface area contributed by atoms with Crippen molar-refractivity contribution in [1.29, 1.82) is 0 Å². The molecular weight excluding hydrogens is 308 g/mol. The summed E-state index contributed by atoms with van der Waals surface area (Å²) >= 11 is 0. The molecule has 0 bridgehead atoms. The van der Waals surface area contributed by atoms with Gasteiger partial charge in [0.2, 0.25) is 0 Å². The van der Waals surface area contributed by atoms with E-state index in [1.165, 1.54) is 9.36 Å². The van der Waals surface area contributed by atoms with Crippen molar-refractivity contribution in [2.24, 2.45) is 7.05 Å². The van der Waals surface area contributed by atoms with Crippen molar-refractivity contribution in [3.05, 3.63) is 50.3 Å². The van der Waals surface area contributed by atoms with Crippen molar-refractivity contribution >= 4 is 11.0 Å². The lowest BCUT2D eigenvalue weighted by molar-refractivity contribution is 0.414. The molecule has 1 aliphatic heterocycles. The fourth-order valence-corrected chi connectivity index (χ4v) is 3.45. The first-order valence-corrected chi connectivity index (χ1v) is 7.88. The van der Waals surface area contributed by atoms with Crippen LogP contribution in [0.4, 0.5) is 0 Å². The van der Waals surface area contributed by atoms with Crippen molar-refractivity contribution in [3.63, 3.8) is 0 Å². The van der Waals surface area contributed by atoms with Crippen LogP contribution in [-0.4, -0.2) is 29.3 Å². The number of hydrogen-bond acceptors (Lipinski definition) is 5. The summed E-state index contributed by atoms with van der Waals surface area (Å²) in [7, 11) is 1.66. The molecule has 0 atom stereocenters. The van der Waals surface area contributed by atoms with Crippen molar-refractivity contribution in [3.8, 4) is 0 Å². The minimum absolute atomic E-state index is 0.0427. The summed E-state index contributed by atoms with van der Waals surface area (Å²) in [5.41, 5.74) is 1.57. The topological polar surface area (TPSA) is 87.6 Å². The van der Waals surface area contributed by atoms with Crippen molar-refractivity contribution in [2.45, 2.75) is 38.8 Å². The highest BCUT2D eigenvalue weighted by atomic mass is 16.2. The third-order valence-electron chi connectivity index (χ3n) is 4.79. The number of tetrazole rings is 1. The highest BCUT2D eigenvalue weighted by Crippen LogP contribution is 2.36. The Morgan fingerprint density at radius 2 is 2.00 bits per heavy atom. The van der Waals surface area contributed by atoms with E-state index in [0.717, 1.165) is 23.0 Å².